The Morgan fingerprint density at radius 2 is 1.27 bits per heavy atom. The summed E-state index contributed by atoms with van der Waals surface area (Å²) in [5.74, 6) is 0.121. The van der Waals surface area contributed by atoms with Gasteiger partial charge in [-0.05, 0) is 34.6 Å². The van der Waals surface area contributed by atoms with E-state index < -0.39 is 0 Å². The molecule has 0 aromatic rings. The van der Waals surface area contributed by atoms with E-state index in [1.165, 1.54) is 0 Å². The minimum atomic E-state index is 0.121. The van der Waals surface area contributed by atoms with Gasteiger partial charge in [0.25, 0.3) is 0 Å². The van der Waals surface area contributed by atoms with Crippen LogP contribution in [0.2, 0.25) is 0 Å². The Morgan fingerprint density at radius 1 is 0.867 bits per heavy atom. The van der Waals surface area contributed by atoms with Gasteiger partial charge in [0, 0.05) is 5.57 Å². The van der Waals surface area contributed by atoms with E-state index in [0.717, 1.165) is 5.57 Å². The first-order valence-corrected chi connectivity index (χ1v) is 5.51. The molecular weight excluding hydrogens is 184 g/mol. The molecule has 0 aliphatic rings. The van der Waals surface area contributed by atoms with Crippen molar-refractivity contribution in [3.05, 3.63) is 36.0 Å². The molecular formula is C14H26O. The molecule has 0 saturated carbocycles. The van der Waals surface area contributed by atoms with Crippen LogP contribution in [0.3, 0.4) is 0 Å². The summed E-state index contributed by atoms with van der Waals surface area (Å²) in [6, 6.07) is 0. The van der Waals surface area contributed by atoms with E-state index in [4.69, 9.17) is 0 Å². The van der Waals surface area contributed by atoms with Gasteiger partial charge in [0.15, 0.2) is 5.78 Å². The molecule has 0 spiro atoms. The van der Waals surface area contributed by atoms with Crippen molar-refractivity contribution in [1.82, 2.24) is 0 Å². The second kappa shape index (κ2) is 18.6. The number of carbonyl (C=O) groups excluding carboxylic acids is 1. The summed E-state index contributed by atoms with van der Waals surface area (Å²) in [5, 5.41) is 0. The third-order valence-electron chi connectivity index (χ3n) is 1.40. The molecule has 0 unspecified atom stereocenters. The summed E-state index contributed by atoms with van der Waals surface area (Å²) in [5.41, 5.74) is 0.775. The number of allylic oxidation sites excluding steroid dienone is 6. The van der Waals surface area contributed by atoms with Gasteiger partial charge < -0.3 is 0 Å². The highest BCUT2D eigenvalue weighted by Crippen LogP contribution is 1.96. The standard InChI is InChI=1S/C8H12O.C4H8.C2H6/c1-4-6-8(5-2)7(3)9;1-3-4-2;1-2/h4-6H,1-3H3;3-4H,1-2H3;1-2H3/b6-4-,8-5+;4-3-;. The molecule has 0 amide bonds. The quantitative estimate of drug-likeness (QED) is 0.366. The highest BCUT2D eigenvalue weighted by atomic mass is 16.1. The molecule has 1 nitrogen and oxygen atoms in total. The van der Waals surface area contributed by atoms with Gasteiger partial charge in [0.2, 0.25) is 0 Å². The number of ketones is 1. The van der Waals surface area contributed by atoms with E-state index in [-0.39, 0.29) is 5.78 Å². The lowest BCUT2D eigenvalue weighted by molar-refractivity contribution is -0.113. The van der Waals surface area contributed by atoms with Crippen LogP contribution in [0.4, 0.5) is 0 Å². The monoisotopic (exact) mass is 210 g/mol. The number of Topliss-reactive ketones (excluding diaryl/α,β-unsaturated/α-hetero) is 1. The van der Waals surface area contributed by atoms with Gasteiger partial charge in [-0.25, -0.2) is 0 Å². The fraction of sp³-hybridized carbons (Fsp3) is 0.500. The highest BCUT2D eigenvalue weighted by Gasteiger charge is 1.93. The van der Waals surface area contributed by atoms with Crippen molar-refractivity contribution >= 4 is 5.78 Å². The Hall–Kier alpha value is -1.11. The summed E-state index contributed by atoms with van der Waals surface area (Å²) in [6.45, 7) is 13.3. The van der Waals surface area contributed by atoms with Crippen molar-refractivity contribution in [2.75, 3.05) is 0 Å². The van der Waals surface area contributed by atoms with Crippen LogP contribution in [-0.4, -0.2) is 5.78 Å². The Labute approximate surface area is 95.6 Å². The van der Waals surface area contributed by atoms with Crippen LogP contribution in [0, 0.1) is 0 Å². The van der Waals surface area contributed by atoms with Crippen molar-refractivity contribution in [3.8, 4) is 0 Å². The Bertz CT molecular complexity index is 203. The zero-order chi connectivity index (χ0) is 12.7. The number of hydrogen-bond donors (Lipinski definition) is 0. The van der Waals surface area contributed by atoms with E-state index in [1.54, 1.807) is 6.92 Å². The maximum atomic E-state index is 10.6. The van der Waals surface area contributed by atoms with Crippen LogP contribution < -0.4 is 0 Å². The number of rotatable bonds is 2. The molecule has 15 heavy (non-hydrogen) atoms. The molecule has 0 atom stereocenters. The first-order chi connectivity index (χ1) is 7.13. The minimum absolute atomic E-state index is 0.121. The first kappa shape index (κ1) is 19.5. The third kappa shape index (κ3) is 19.3. The molecule has 0 aliphatic carbocycles. The van der Waals surface area contributed by atoms with Gasteiger partial charge in [0.1, 0.15) is 0 Å². The predicted octanol–water partition coefficient (Wildman–Crippen LogP) is 4.71. The van der Waals surface area contributed by atoms with Crippen molar-refractivity contribution in [2.24, 2.45) is 0 Å². The highest BCUT2D eigenvalue weighted by molar-refractivity contribution is 5.95. The molecule has 0 saturated heterocycles. The molecule has 0 aromatic heterocycles. The molecule has 0 bridgehead atoms. The van der Waals surface area contributed by atoms with Crippen molar-refractivity contribution in [2.45, 2.75) is 48.5 Å². The predicted molar refractivity (Wildman–Crippen MR) is 71.1 cm³/mol. The molecule has 0 rings (SSSR count). The van der Waals surface area contributed by atoms with E-state index in [2.05, 4.69) is 0 Å². The fourth-order valence-electron chi connectivity index (χ4n) is 0.596. The summed E-state index contributed by atoms with van der Waals surface area (Å²) < 4.78 is 0. The van der Waals surface area contributed by atoms with Gasteiger partial charge in [-0.1, -0.05) is 44.2 Å². The molecule has 0 N–H and O–H groups in total. The second-order valence-corrected chi connectivity index (χ2v) is 2.47. The lowest BCUT2D eigenvalue weighted by atomic mass is 10.2. The Morgan fingerprint density at radius 3 is 1.33 bits per heavy atom. The summed E-state index contributed by atoms with van der Waals surface area (Å²) in [6.07, 6.45) is 9.47. The van der Waals surface area contributed by atoms with Crippen LogP contribution in [-0.2, 0) is 4.79 Å². The fourth-order valence-corrected chi connectivity index (χ4v) is 0.596. The number of carbonyl (C=O) groups is 1. The van der Waals surface area contributed by atoms with Crippen molar-refractivity contribution < 1.29 is 4.79 Å². The largest absolute Gasteiger partial charge is 0.295 e. The summed E-state index contributed by atoms with van der Waals surface area (Å²) in [4.78, 5) is 10.6. The van der Waals surface area contributed by atoms with E-state index >= 15 is 0 Å². The molecule has 88 valence electrons. The number of hydrogen-bond acceptors (Lipinski definition) is 1. The molecule has 0 radical (unpaired) electrons. The second-order valence-electron chi connectivity index (χ2n) is 2.47. The van der Waals surface area contributed by atoms with Crippen molar-refractivity contribution in [1.29, 1.82) is 0 Å². The van der Waals surface area contributed by atoms with E-state index in [9.17, 15) is 4.79 Å². The summed E-state index contributed by atoms with van der Waals surface area (Å²) in [7, 11) is 0. The SMILES string of the molecule is C/C=C\C.C/C=C\C(=C/C)C(C)=O.CC. The molecule has 0 fully saturated rings. The average molecular weight is 210 g/mol. The smallest absolute Gasteiger partial charge is 0.159 e. The lowest BCUT2D eigenvalue weighted by Gasteiger charge is -1.89. The maximum absolute atomic E-state index is 10.6. The normalized spacial score (nSPS) is 10.5. The van der Waals surface area contributed by atoms with Crippen LogP contribution in [0.25, 0.3) is 0 Å². The van der Waals surface area contributed by atoms with Gasteiger partial charge in [-0.3, -0.25) is 4.79 Å². The van der Waals surface area contributed by atoms with Gasteiger partial charge in [-0.2, -0.15) is 0 Å². The van der Waals surface area contributed by atoms with Gasteiger partial charge >= 0.3 is 0 Å². The summed E-state index contributed by atoms with van der Waals surface area (Å²) >= 11 is 0. The van der Waals surface area contributed by atoms with E-state index in [0.29, 0.717) is 0 Å². The van der Waals surface area contributed by atoms with Crippen LogP contribution in [0.15, 0.2) is 36.0 Å². The van der Waals surface area contributed by atoms with Crippen LogP contribution in [0.1, 0.15) is 48.5 Å². The Kier molecular flexibility index (Phi) is 24.2. The molecule has 0 aliphatic heterocycles. The van der Waals surface area contributed by atoms with Crippen molar-refractivity contribution in [3.63, 3.8) is 0 Å². The third-order valence-corrected chi connectivity index (χ3v) is 1.40. The molecule has 0 aromatic carbocycles. The zero-order valence-corrected chi connectivity index (χ0v) is 11.3. The topological polar surface area (TPSA) is 17.1 Å². The first-order valence-electron chi connectivity index (χ1n) is 5.51. The lowest BCUT2D eigenvalue weighted by Crippen LogP contribution is -1.90. The molecule has 1 heteroatoms. The van der Waals surface area contributed by atoms with E-state index in [1.807, 2.05) is 71.9 Å². The Balaban J connectivity index is -0.000000202. The maximum Gasteiger partial charge on any atom is 0.159 e. The average Bonchev–Trinajstić information content (AvgIpc) is 2.28. The van der Waals surface area contributed by atoms with Gasteiger partial charge in [0.05, 0.1) is 0 Å². The molecule has 0 heterocycles. The zero-order valence-electron chi connectivity index (χ0n) is 11.3. The van der Waals surface area contributed by atoms with Crippen LogP contribution >= 0.6 is 0 Å². The minimum Gasteiger partial charge on any atom is -0.295 e. The van der Waals surface area contributed by atoms with Gasteiger partial charge in [-0.15, -0.1) is 0 Å². The van der Waals surface area contributed by atoms with Crippen LogP contribution in [0.5, 0.6) is 0 Å².